The Hall–Kier alpha value is -3.07. The van der Waals surface area contributed by atoms with E-state index in [1.165, 1.54) is 0 Å². The summed E-state index contributed by atoms with van der Waals surface area (Å²) in [4.78, 5) is -1.71. The standard InChI is InChI=1S/C13H7N7S/c14-6-12(7-15,18-10-4-2-1-3-5-10)11-19-20-13(8-16,9-17)21-11/h1-5,11,18H. The fourth-order valence-corrected chi connectivity index (χ4v) is 2.60. The number of rotatable bonds is 3. The van der Waals surface area contributed by atoms with E-state index in [0.717, 1.165) is 11.8 Å². The van der Waals surface area contributed by atoms with E-state index >= 15 is 0 Å². The van der Waals surface area contributed by atoms with Crippen LogP contribution in [0.2, 0.25) is 0 Å². The average Bonchev–Trinajstić information content (AvgIpc) is 2.99. The Morgan fingerprint density at radius 3 is 2.19 bits per heavy atom. The summed E-state index contributed by atoms with van der Waals surface area (Å²) in [6.45, 7) is 0. The predicted molar refractivity (Wildman–Crippen MR) is 74.2 cm³/mol. The summed E-state index contributed by atoms with van der Waals surface area (Å²) in [6.07, 6.45) is 0. The summed E-state index contributed by atoms with van der Waals surface area (Å²) in [5.74, 6) is 0. The highest BCUT2D eigenvalue weighted by Gasteiger charge is 2.51. The Balaban J connectivity index is 2.33. The van der Waals surface area contributed by atoms with E-state index in [0.29, 0.717) is 5.69 Å². The first-order valence-electron chi connectivity index (χ1n) is 5.72. The van der Waals surface area contributed by atoms with Gasteiger partial charge in [-0.15, -0.1) is 5.11 Å². The largest absolute Gasteiger partial charge is 0.353 e. The van der Waals surface area contributed by atoms with E-state index in [9.17, 15) is 10.5 Å². The molecule has 0 bridgehead atoms. The molecule has 0 amide bonds. The van der Waals surface area contributed by atoms with Gasteiger partial charge in [-0.2, -0.15) is 26.2 Å². The molecular formula is C13H7N7S. The molecule has 1 unspecified atom stereocenters. The zero-order chi connectivity index (χ0) is 15.3. The van der Waals surface area contributed by atoms with Crippen LogP contribution in [0.15, 0.2) is 40.6 Å². The molecule has 1 aromatic carbocycles. The summed E-state index contributed by atoms with van der Waals surface area (Å²) in [7, 11) is 0. The SMILES string of the molecule is N#CC1(C#N)N=NC(C(C#N)(C#N)Nc2ccccc2)S1. The first-order chi connectivity index (χ1) is 10.1. The monoisotopic (exact) mass is 293 g/mol. The molecule has 1 aliphatic heterocycles. The number of nitriles is 4. The van der Waals surface area contributed by atoms with Crippen LogP contribution in [0, 0.1) is 45.3 Å². The van der Waals surface area contributed by atoms with Gasteiger partial charge in [0.05, 0.1) is 0 Å². The summed E-state index contributed by atoms with van der Waals surface area (Å²) in [5, 5.41) is 46.0. The van der Waals surface area contributed by atoms with Crippen LogP contribution in [0.1, 0.15) is 0 Å². The molecule has 21 heavy (non-hydrogen) atoms. The lowest BCUT2D eigenvalue weighted by Crippen LogP contribution is -2.44. The van der Waals surface area contributed by atoms with Gasteiger partial charge in [-0.1, -0.05) is 30.0 Å². The Kier molecular flexibility index (Phi) is 3.76. The minimum absolute atomic E-state index is 0.558. The lowest BCUT2D eigenvalue weighted by atomic mass is 10.0. The molecule has 100 valence electrons. The summed E-state index contributed by atoms with van der Waals surface area (Å²) in [6, 6.07) is 15.9. The maximum atomic E-state index is 9.40. The van der Waals surface area contributed by atoms with Crippen molar-refractivity contribution in [2.45, 2.75) is 15.8 Å². The number of anilines is 1. The number of azo groups is 1. The quantitative estimate of drug-likeness (QED) is 0.907. The Morgan fingerprint density at radius 1 is 1.10 bits per heavy atom. The molecule has 0 aliphatic carbocycles. The van der Waals surface area contributed by atoms with Gasteiger partial charge in [0.1, 0.15) is 24.3 Å². The lowest BCUT2D eigenvalue weighted by molar-refractivity contribution is 0.684. The molecule has 1 aliphatic rings. The van der Waals surface area contributed by atoms with Crippen LogP contribution < -0.4 is 5.32 Å². The third kappa shape index (κ3) is 2.49. The number of thioether (sulfide) groups is 1. The fraction of sp³-hybridized carbons (Fsp3) is 0.231. The van der Waals surface area contributed by atoms with Gasteiger partial charge in [-0.3, -0.25) is 0 Å². The van der Waals surface area contributed by atoms with Gasteiger partial charge in [-0.05, 0) is 12.1 Å². The summed E-state index contributed by atoms with van der Waals surface area (Å²) in [5.41, 5.74) is -1.16. The maximum Gasteiger partial charge on any atom is 0.299 e. The molecule has 0 saturated heterocycles. The van der Waals surface area contributed by atoms with Crippen molar-refractivity contribution in [2.75, 3.05) is 5.32 Å². The summed E-state index contributed by atoms with van der Waals surface area (Å²) >= 11 is 0.770. The van der Waals surface area contributed by atoms with Crippen molar-refractivity contribution in [1.82, 2.24) is 0 Å². The second kappa shape index (κ2) is 5.51. The van der Waals surface area contributed by atoms with E-state index in [4.69, 9.17) is 10.5 Å². The fourth-order valence-electron chi connectivity index (χ4n) is 1.64. The van der Waals surface area contributed by atoms with Crippen molar-refractivity contribution in [1.29, 1.82) is 21.0 Å². The predicted octanol–water partition coefficient (Wildman–Crippen LogP) is 2.15. The third-order valence-corrected chi connectivity index (χ3v) is 4.00. The molecule has 0 spiro atoms. The van der Waals surface area contributed by atoms with Crippen LogP contribution >= 0.6 is 11.8 Å². The van der Waals surface area contributed by atoms with E-state index in [2.05, 4.69) is 15.5 Å². The molecule has 1 aromatic rings. The Bertz CT molecular complexity index is 701. The van der Waals surface area contributed by atoms with Crippen LogP contribution in [0.25, 0.3) is 0 Å². The maximum absolute atomic E-state index is 9.40. The molecular weight excluding hydrogens is 286 g/mol. The third-order valence-electron chi connectivity index (χ3n) is 2.73. The van der Waals surface area contributed by atoms with Gasteiger partial charge in [0.15, 0.2) is 5.37 Å². The number of hydrogen-bond donors (Lipinski definition) is 1. The first kappa shape index (κ1) is 14.3. The highest BCUT2D eigenvalue weighted by Crippen LogP contribution is 2.42. The average molecular weight is 293 g/mol. The highest BCUT2D eigenvalue weighted by atomic mass is 32.2. The number of nitrogens with one attached hydrogen (secondary N) is 1. The first-order valence-corrected chi connectivity index (χ1v) is 6.60. The van der Waals surface area contributed by atoms with Gasteiger partial charge in [0, 0.05) is 5.69 Å². The Morgan fingerprint density at radius 2 is 1.71 bits per heavy atom. The van der Waals surface area contributed by atoms with E-state index in [-0.39, 0.29) is 0 Å². The van der Waals surface area contributed by atoms with Crippen molar-refractivity contribution in [3.63, 3.8) is 0 Å². The van der Waals surface area contributed by atoms with Crippen molar-refractivity contribution in [3.8, 4) is 24.3 Å². The van der Waals surface area contributed by atoms with Crippen molar-refractivity contribution >= 4 is 17.4 Å². The second-order valence-electron chi connectivity index (χ2n) is 4.08. The van der Waals surface area contributed by atoms with Gasteiger partial charge in [0.2, 0.25) is 5.54 Å². The Labute approximate surface area is 125 Å². The van der Waals surface area contributed by atoms with Crippen LogP contribution in [-0.4, -0.2) is 15.8 Å². The number of para-hydroxylation sites is 1. The van der Waals surface area contributed by atoms with Crippen LogP contribution in [0.5, 0.6) is 0 Å². The molecule has 0 radical (unpaired) electrons. The minimum Gasteiger partial charge on any atom is -0.353 e. The molecule has 1 atom stereocenters. The van der Waals surface area contributed by atoms with Gasteiger partial charge < -0.3 is 5.32 Å². The molecule has 2 rings (SSSR count). The number of nitrogens with zero attached hydrogens (tertiary/aromatic N) is 6. The lowest BCUT2D eigenvalue weighted by Gasteiger charge is -2.24. The topological polar surface area (TPSA) is 132 Å². The van der Waals surface area contributed by atoms with Crippen molar-refractivity contribution in [2.24, 2.45) is 10.2 Å². The van der Waals surface area contributed by atoms with Crippen LogP contribution in [0.4, 0.5) is 5.69 Å². The molecule has 1 heterocycles. The van der Waals surface area contributed by atoms with E-state index < -0.39 is 15.8 Å². The van der Waals surface area contributed by atoms with Gasteiger partial charge >= 0.3 is 0 Å². The zero-order valence-electron chi connectivity index (χ0n) is 10.6. The molecule has 0 fully saturated rings. The van der Waals surface area contributed by atoms with Crippen LogP contribution in [-0.2, 0) is 0 Å². The zero-order valence-corrected chi connectivity index (χ0v) is 11.4. The summed E-state index contributed by atoms with van der Waals surface area (Å²) < 4.78 is 0. The molecule has 0 saturated carbocycles. The van der Waals surface area contributed by atoms with E-state index in [1.807, 2.05) is 12.1 Å². The van der Waals surface area contributed by atoms with Crippen molar-refractivity contribution < 1.29 is 0 Å². The van der Waals surface area contributed by atoms with E-state index in [1.54, 1.807) is 42.5 Å². The van der Waals surface area contributed by atoms with Gasteiger partial charge in [0.25, 0.3) is 4.87 Å². The molecule has 7 nitrogen and oxygen atoms in total. The second-order valence-corrected chi connectivity index (χ2v) is 5.35. The van der Waals surface area contributed by atoms with Gasteiger partial charge in [-0.25, -0.2) is 0 Å². The number of benzene rings is 1. The highest BCUT2D eigenvalue weighted by molar-refractivity contribution is 8.02. The smallest absolute Gasteiger partial charge is 0.299 e. The molecule has 8 heteroatoms. The van der Waals surface area contributed by atoms with Crippen molar-refractivity contribution in [3.05, 3.63) is 30.3 Å². The molecule has 0 aromatic heterocycles. The number of hydrogen-bond acceptors (Lipinski definition) is 8. The minimum atomic E-state index is -1.72. The normalized spacial score (nSPS) is 18.8. The van der Waals surface area contributed by atoms with Crippen LogP contribution in [0.3, 0.4) is 0 Å². The molecule has 1 N–H and O–H groups in total.